The molecule has 0 spiro atoms. The van der Waals surface area contributed by atoms with Crippen LogP contribution in [0.15, 0.2) is 24.3 Å². The van der Waals surface area contributed by atoms with Gasteiger partial charge in [-0.05, 0) is 49.9 Å². The molecule has 1 aliphatic heterocycles. The number of ketones is 1. The lowest BCUT2D eigenvalue weighted by Crippen LogP contribution is -2.47. The third-order valence-electron chi connectivity index (χ3n) is 4.18. The first kappa shape index (κ1) is 14.1. The Kier molecular flexibility index (Phi) is 4.59. The average molecular weight is 261 g/mol. The number of aryl methyl sites for hydroxylation is 1. The quantitative estimate of drug-likeness (QED) is 0.855. The zero-order chi connectivity index (χ0) is 13.7. The van der Waals surface area contributed by atoms with Crippen LogP contribution in [-0.2, 0) is 11.2 Å². The molecule has 0 radical (unpaired) electrons. The third-order valence-corrected chi connectivity index (χ3v) is 4.18. The predicted molar refractivity (Wildman–Crippen MR) is 76.6 cm³/mol. The van der Waals surface area contributed by atoms with Gasteiger partial charge in [0.2, 0.25) is 0 Å². The van der Waals surface area contributed by atoms with E-state index < -0.39 is 0 Å². The highest BCUT2D eigenvalue weighted by molar-refractivity contribution is 5.88. The number of nitrogens with one attached hydrogen (secondary N) is 1. The van der Waals surface area contributed by atoms with Gasteiger partial charge in [0.25, 0.3) is 0 Å². The smallest absolute Gasteiger partial charge is 0.153 e. The number of Topliss-reactive ketones (excluding diaryl/α,β-unsaturated/α-hetero) is 1. The maximum Gasteiger partial charge on any atom is 0.153 e. The van der Waals surface area contributed by atoms with Gasteiger partial charge in [0, 0.05) is 6.42 Å². The summed E-state index contributed by atoms with van der Waals surface area (Å²) in [5.74, 6) is 1.22. The summed E-state index contributed by atoms with van der Waals surface area (Å²) >= 11 is 0. The number of methoxy groups -OCH3 is 1. The molecule has 19 heavy (non-hydrogen) atoms. The number of ether oxygens (including phenoxy) is 1. The highest BCUT2D eigenvalue weighted by atomic mass is 16.5. The summed E-state index contributed by atoms with van der Waals surface area (Å²) in [6.07, 6.45) is 4.43. The van der Waals surface area contributed by atoms with Crippen LogP contribution in [0.2, 0.25) is 0 Å². The molecule has 1 aliphatic rings. The first-order valence-corrected chi connectivity index (χ1v) is 7.11. The monoisotopic (exact) mass is 261 g/mol. The standard InChI is InChI=1S/C16H23NO2/c1-3-16(11-4-12-17-16)15(18)10-7-13-5-8-14(19-2)9-6-13/h5-6,8-9,17H,3-4,7,10-12H2,1-2H3. The summed E-state index contributed by atoms with van der Waals surface area (Å²) in [7, 11) is 1.66. The lowest BCUT2D eigenvalue weighted by molar-refractivity contribution is -0.125. The van der Waals surface area contributed by atoms with Crippen LogP contribution in [-0.4, -0.2) is 25.0 Å². The van der Waals surface area contributed by atoms with Crippen molar-refractivity contribution in [1.82, 2.24) is 5.32 Å². The normalized spacial score (nSPS) is 22.4. The van der Waals surface area contributed by atoms with E-state index in [0.717, 1.165) is 38.0 Å². The van der Waals surface area contributed by atoms with E-state index in [1.54, 1.807) is 7.11 Å². The molecule has 1 atom stereocenters. The van der Waals surface area contributed by atoms with E-state index in [1.807, 2.05) is 24.3 Å². The second-order valence-corrected chi connectivity index (χ2v) is 5.24. The molecule has 0 aliphatic carbocycles. The Morgan fingerprint density at radius 3 is 2.63 bits per heavy atom. The van der Waals surface area contributed by atoms with Crippen molar-refractivity contribution in [2.24, 2.45) is 0 Å². The van der Waals surface area contributed by atoms with Gasteiger partial charge in [0.15, 0.2) is 5.78 Å². The number of benzene rings is 1. The van der Waals surface area contributed by atoms with Crippen LogP contribution >= 0.6 is 0 Å². The second kappa shape index (κ2) is 6.20. The van der Waals surface area contributed by atoms with Crippen molar-refractivity contribution in [1.29, 1.82) is 0 Å². The molecular formula is C16H23NO2. The van der Waals surface area contributed by atoms with E-state index in [0.29, 0.717) is 12.2 Å². The minimum absolute atomic E-state index is 0.244. The Bertz CT molecular complexity index is 419. The fraction of sp³-hybridized carbons (Fsp3) is 0.562. The molecule has 0 amide bonds. The maximum atomic E-state index is 12.4. The highest BCUT2D eigenvalue weighted by Gasteiger charge is 2.37. The van der Waals surface area contributed by atoms with Gasteiger partial charge in [-0.15, -0.1) is 0 Å². The summed E-state index contributed by atoms with van der Waals surface area (Å²) in [4.78, 5) is 12.4. The molecule has 0 saturated carbocycles. The largest absolute Gasteiger partial charge is 0.497 e. The van der Waals surface area contributed by atoms with Gasteiger partial charge in [0.1, 0.15) is 5.75 Å². The summed E-state index contributed by atoms with van der Waals surface area (Å²) in [6, 6.07) is 7.96. The zero-order valence-corrected chi connectivity index (χ0v) is 11.9. The molecule has 1 saturated heterocycles. The Morgan fingerprint density at radius 1 is 1.37 bits per heavy atom. The van der Waals surface area contributed by atoms with E-state index in [1.165, 1.54) is 5.56 Å². The predicted octanol–water partition coefficient (Wildman–Crippen LogP) is 2.73. The SMILES string of the molecule is CCC1(C(=O)CCc2ccc(OC)cc2)CCCN1. The van der Waals surface area contributed by atoms with E-state index in [4.69, 9.17) is 4.74 Å². The molecule has 1 unspecified atom stereocenters. The molecule has 2 rings (SSSR count). The fourth-order valence-corrected chi connectivity index (χ4v) is 2.83. The summed E-state index contributed by atoms with van der Waals surface area (Å²) in [5, 5.41) is 3.40. The van der Waals surface area contributed by atoms with Crippen LogP contribution in [0.3, 0.4) is 0 Å². The number of rotatable bonds is 6. The third kappa shape index (κ3) is 3.16. The Balaban J connectivity index is 1.92. The molecule has 104 valence electrons. The lowest BCUT2D eigenvalue weighted by atomic mass is 9.86. The second-order valence-electron chi connectivity index (χ2n) is 5.24. The van der Waals surface area contributed by atoms with Crippen molar-refractivity contribution in [3.8, 4) is 5.75 Å². The topological polar surface area (TPSA) is 38.3 Å². The minimum Gasteiger partial charge on any atom is -0.497 e. The van der Waals surface area contributed by atoms with E-state index in [9.17, 15) is 4.79 Å². The van der Waals surface area contributed by atoms with Gasteiger partial charge in [-0.1, -0.05) is 19.1 Å². The van der Waals surface area contributed by atoms with E-state index in [-0.39, 0.29) is 5.54 Å². The highest BCUT2D eigenvalue weighted by Crippen LogP contribution is 2.26. The van der Waals surface area contributed by atoms with Crippen LogP contribution in [0.4, 0.5) is 0 Å². The Labute approximate surface area is 115 Å². The van der Waals surface area contributed by atoms with Crippen LogP contribution in [0, 0.1) is 0 Å². The summed E-state index contributed by atoms with van der Waals surface area (Å²) in [5.41, 5.74) is 0.949. The molecule has 0 aromatic heterocycles. The molecular weight excluding hydrogens is 238 g/mol. The van der Waals surface area contributed by atoms with Gasteiger partial charge >= 0.3 is 0 Å². The summed E-state index contributed by atoms with van der Waals surface area (Å²) < 4.78 is 5.13. The van der Waals surface area contributed by atoms with Gasteiger partial charge in [-0.2, -0.15) is 0 Å². The molecule has 1 aromatic rings. The first-order valence-electron chi connectivity index (χ1n) is 7.11. The van der Waals surface area contributed by atoms with Crippen molar-refractivity contribution in [2.45, 2.75) is 44.6 Å². The number of hydrogen-bond donors (Lipinski definition) is 1. The minimum atomic E-state index is -0.244. The molecule has 3 nitrogen and oxygen atoms in total. The van der Waals surface area contributed by atoms with Crippen LogP contribution in [0.25, 0.3) is 0 Å². The van der Waals surface area contributed by atoms with Gasteiger partial charge in [0.05, 0.1) is 12.6 Å². The van der Waals surface area contributed by atoms with Crippen molar-refractivity contribution in [3.63, 3.8) is 0 Å². The number of carbonyl (C=O) groups is 1. The van der Waals surface area contributed by atoms with E-state index >= 15 is 0 Å². The Morgan fingerprint density at radius 2 is 2.11 bits per heavy atom. The van der Waals surface area contributed by atoms with Crippen molar-refractivity contribution < 1.29 is 9.53 Å². The number of hydrogen-bond acceptors (Lipinski definition) is 3. The first-order chi connectivity index (χ1) is 9.20. The van der Waals surface area contributed by atoms with Crippen molar-refractivity contribution >= 4 is 5.78 Å². The van der Waals surface area contributed by atoms with Crippen molar-refractivity contribution in [2.75, 3.05) is 13.7 Å². The van der Waals surface area contributed by atoms with Crippen LogP contribution < -0.4 is 10.1 Å². The molecule has 1 heterocycles. The summed E-state index contributed by atoms with van der Waals surface area (Å²) in [6.45, 7) is 3.08. The van der Waals surface area contributed by atoms with Gasteiger partial charge in [-0.3, -0.25) is 4.79 Å². The molecule has 1 fully saturated rings. The van der Waals surface area contributed by atoms with Crippen LogP contribution in [0.1, 0.15) is 38.2 Å². The van der Waals surface area contributed by atoms with Crippen LogP contribution in [0.5, 0.6) is 5.75 Å². The lowest BCUT2D eigenvalue weighted by Gasteiger charge is -2.26. The average Bonchev–Trinajstić information content (AvgIpc) is 2.95. The van der Waals surface area contributed by atoms with Crippen molar-refractivity contribution in [3.05, 3.63) is 29.8 Å². The fourth-order valence-electron chi connectivity index (χ4n) is 2.83. The molecule has 0 bridgehead atoms. The number of carbonyl (C=O) groups excluding carboxylic acids is 1. The maximum absolute atomic E-state index is 12.4. The van der Waals surface area contributed by atoms with E-state index in [2.05, 4.69) is 12.2 Å². The Hall–Kier alpha value is -1.35. The van der Waals surface area contributed by atoms with Gasteiger partial charge < -0.3 is 10.1 Å². The molecule has 3 heteroatoms. The van der Waals surface area contributed by atoms with Gasteiger partial charge in [-0.25, -0.2) is 0 Å². The zero-order valence-electron chi connectivity index (χ0n) is 11.9. The molecule has 1 aromatic carbocycles. The molecule has 1 N–H and O–H groups in total.